The van der Waals surface area contributed by atoms with Crippen LogP contribution in [0.4, 0.5) is 0 Å². The van der Waals surface area contributed by atoms with Gasteiger partial charge in [-0.15, -0.1) is 5.10 Å². The van der Waals surface area contributed by atoms with Crippen molar-refractivity contribution in [1.29, 1.82) is 0 Å². The first-order valence-corrected chi connectivity index (χ1v) is 10.3. The van der Waals surface area contributed by atoms with Crippen LogP contribution in [0.3, 0.4) is 0 Å². The number of carboxylic acid groups (broad SMARTS) is 1. The predicted octanol–water partition coefficient (Wildman–Crippen LogP) is 3.18. The van der Waals surface area contributed by atoms with Crippen LogP contribution >= 0.6 is 0 Å². The van der Waals surface area contributed by atoms with Gasteiger partial charge in [-0.2, -0.15) is 0 Å². The summed E-state index contributed by atoms with van der Waals surface area (Å²) in [6.45, 7) is 4.55. The molecule has 0 radical (unpaired) electrons. The summed E-state index contributed by atoms with van der Waals surface area (Å²) < 4.78 is 1.84. The van der Waals surface area contributed by atoms with Crippen LogP contribution in [-0.4, -0.2) is 49.5 Å². The summed E-state index contributed by atoms with van der Waals surface area (Å²) in [4.78, 5) is 26.8. The molecule has 1 aromatic heterocycles. The third-order valence-corrected chi connectivity index (χ3v) is 6.61. The zero-order chi connectivity index (χ0) is 19.8. The van der Waals surface area contributed by atoms with Crippen LogP contribution in [0.2, 0.25) is 0 Å². The quantitative estimate of drug-likeness (QED) is 0.875. The zero-order valence-electron chi connectivity index (χ0n) is 16.5. The monoisotopic (exact) mass is 384 g/mol. The lowest BCUT2D eigenvalue weighted by molar-refractivity contribution is -0.154. The van der Waals surface area contributed by atoms with Gasteiger partial charge in [0.25, 0.3) is 0 Å². The molecule has 2 heterocycles. The number of amides is 1. The fourth-order valence-electron chi connectivity index (χ4n) is 5.15. The molecule has 0 bridgehead atoms. The number of likely N-dealkylation sites (tertiary alicyclic amines) is 1. The molecule has 2 aromatic rings. The van der Waals surface area contributed by atoms with Gasteiger partial charge in [0.15, 0.2) is 0 Å². The van der Waals surface area contributed by atoms with Crippen LogP contribution in [0.1, 0.15) is 57.1 Å². The van der Waals surface area contributed by atoms with Crippen molar-refractivity contribution in [3.8, 4) is 0 Å². The highest BCUT2D eigenvalue weighted by Crippen LogP contribution is 2.39. The Morgan fingerprint density at radius 1 is 1.25 bits per heavy atom. The number of hydrogen-bond donors (Lipinski definition) is 1. The molecule has 1 aromatic carbocycles. The Kier molecular flexibility index (Phi) is 5.08. The largest absolute Gasteiger partial charge is 0.481 e. The number of aryl methyl sites for hydroxylation is 1. The third-order valence-electron chi connectivity index (χ3n) is 6.61. The molecule has 1 amide bonds. The highest BCUT2D eigenvalue weighted by molar-refractivity contribution is 5.80. The maximum atomic E-state index is 13.2. The van der Waals surface area contributed by atoms with E-state index in [9.17, 15) is 14.7 Å². The molecule has 1 aliphatic heterocycles. The molecular weight excluding hydrogens is 356 g/mol. The van der Waals surface area contributed by atoms with Gasteiger partial charge in [-0.25, -0.2) is 4.68 Å². The van der Waals surface area contributed by atoms with Crippen molar-refractivity contribution < 1.29 is 14.7 Å². The normalized spacial score (nSPS) is 26.1. The minimum absolute atomic E-state index is 0.0676. The molecule has 7 nitrogen and oxygen atoms in total. The fraction of sp³-hybridized carbons (Fsp3) is 0.619. The topological polar surface area (TPSA) is 88.3 Å². The minimum atomic E-state index is -0.707. The maximum Gasteiger partial charge on any atom is 0.306 e. The average Bonchev–Trinajstić information content (AvgIpc) is 3.12. The van der Waals surface area contributed by atoms with E-state index >= 15 is 0 Å². The molecule has 2 aliphatic rings. The first-order valence-electron chi connectivity index (χ1n) is 10.3. The second kappa shape index (κ2) is 7.53. The lowest BCUT2D eigenvalue weighted by Crippen LogP contribution is -2.54. The van der Waals surface area contributed by atoms with Gasteiger partial charge in [0, 0.05) is 19.0 Å². The van der Waals surface area contributed by atoms with E-state index in [1.807, 2.05) is 41.6 Å². The van der Waals surface area contributed by atoms with Gasteiger partial charge in [-0.1, -0.05) is 30.2 Å². The number of carboxylic acids is 1. The van der Waals surface area contributed by atoms with E-state index in [1.165, 1.54) is 0 Å². The van der Waals surface area contributed by atoms with Crippen molar-refractivity contribution in [3.05, 3.63) is 23.8 Å². The number of nitrogens with zero attached hydrogens (tertiary/aromatic N) is 4. The predicted molar refractivity (Wildman–Crippen MR) is 105 cm³/mol. The van der Waals surface area contributed by atoms with Gasteiger partial charge in [0.2, 0.25) is 5.91 Å². The number of rotatable bonds is 4. The number of hydrogen-bond acceptors (Lipinski definition) is 4. The number of aliphatic carboxylic acids is 1. The summed E-state index contributed by atoms with van der Waals surface area (Å²) in [5, 5.41) is 18.1. The summed E-state index contributed by atoms with van der Waals surface area (Å²) in [7, 11) is 0. The van der Waals surface area contributed by atoms with Crippen LogP contribution in [0, 0.1) is 18.8 Å². The Labute approximate surface area is 164 Å². The summed E-state index contributed by atoms with van der Waals surface area (Å²) in [6.07, 6.45) is 4.87. The van der Waals surface area contributed by atoms with E-state index in [0.717, 1.165) is 42.3 Å². The first-order chi connectivity index (χ1) is 13.5. The van der Waals surface area contributed by atoms with Gasteiger partial charge >= 0.3 is 5.97 Å². The third kappa shape index (κ3) is 3.27. The number of benzene rings is 1. The molecule has 4 unspecified atom stereocenters. The second-order valence-corrected chi connectivity index (χ2v) is 8.37. The van der Waals surface area contributed by atoms with E-state index < -0.39 is 5.97 Å². The Morgan fingerprint density at radius 2 is 2.04 bits per heavy atom. The summed E-state index contributed by atoms with van der Waals surface area (Å²) in [5.41, 5.74) is 2.89. The molecule has 4 atom stereocenters. The Bertz CT molecular complexity index is 893. The molecular formula is C21H28N4O3. The molecule has 2 fully saturated rings. The van der Waals surface area contributed by atoms with Crippen LogP contribution < -0.4 is 0 Å². The number of piperidine rings is 1. The molecule has 150 valence electrons. The molecule has 1 aliphatic carbocycles. The van der Waals surface area contributed by atoms with E-state index in [1.54, 1.807) is 0 Å². The highest BCUT2D eigenvalue weighted by atomic mass is 16.4. The summed E-state index contributed by atoms with van der Waals surface area (Å²) >= 11 is 0. The number of carbonyl (C=O) groups is 2. The molecule has 4 rings (SSSR count). The lowest BCUT2D eigenvalue weighted by atomic mass is 9.71. The number of aromatic nitrogens is 3. The van der Waals surface area contributed by atoms with Gasteiger partial charge in [-0.05, 0) is 50.7 Å². The van der Waals surface area contributed by atoms with Crippen molar-refractivity contribution in [2.75, 3.05) is 6.54 Å². The van der Waals surface area contributed by atoms with Crippen molar-refractivity contribution in [3.63, 3.8) is 0 Å². The SMILES string of the molecule is Cc1cccc2c1nnn2C(C)CC(=O)N1CCC(C(=O)O)C2CCCCC21. The van der Waals surface area contributed by atoms with Gasteiger partial charge in [0.05, 0.1) is 17.5 Å². The van der Waals surface area contributed by atoms with Gasteiger partial charge < -0.3 is 10.0 Å². The standard InChI is InChI=1S/C21H28N4O3/c1-13-6-5-9-18-20(13)22-23-25(18)14(2)12-19(26)24-11-10-16(21(27)28)15-7-3-4-8-17(15)24/h5-6,9,14-17H,3-4,7-8,10-12H2,1-2H3,(H,27,28). The van der Waals surface area contributed by atoms with Crippen LogP contribution in [-0.2, 0) is 9.59 Å². The molecule has 7 heteroatoms. The van der Waals surface area contributed by atoms with Crippen LogP contribution in [0.25, 0.3) is 11.0 Å². The molecule has 0 spiro atoms. The van der Waals surface area contributed by atoms with Crippen molar-refractivity contribution in [2.45, 2.75) is 64.5 Å². The average molecular weight is 384 g/mol. The van der Waals surface area contributed by atoms with Crippen LogP contribution in [0.5, 0.6) is 0 Å². The van der Waals surface area contributed by atoms with Crippen molar-refractivity contribution >= 4 is 22.9 Å². The Morgan fingerprint density at radius 3 is 2.82 bits per heavy atom. The van der Waals surface area contributed by atoms with Crippen LogP contribution in [0.15, 0.2) is 18.2 Å². The smallest absolute Gasteiger partial charge is 0.306 e. The van der Waals surface area contributed by atoms with Gasteiger partial charge in [-0.3, -0.25) is 9.59 Å². The second-order valence-electron chi connectivity index (χ2n) is 8.37. The van der Waals surface area contributed by atoms with Crippen molar-refractivity contribution in [1.82, 2.24) is 19.9 Å². The summed E-state index contributed by atoms with van der Waals surface area (Å²) in [6, 6.07) is 5.94. The molecule has 28 heavy (non-hydrogen) atoms. The maximum absolute atomic E-state index is 13.2. The number of carbonyl (C=O) groups excluding carboxylic acids is 1. The van der Waals surface area contributed by atoms with Crippen molar-refractivity contribution in [2.24, 2.45) is 11.8 Å². The summed E-state index contributed by atoms with van der Waals surface area (Å²) in [5.74, 6) is -0.825. The fourth-order valence-corrected chi connectivity index (χ4v) is 5.15. The minimum Gasteiger partial charge on any atom is -0.481 e. The zero-order valence-corrected chi connectivity index (χ0v) is 16.5. The molecule has 1 N–H and O–H groups in total. The van der Waals surface area contributed by atoms with E-state index in [0.29, 0.717) is 19.4 Å². The van der Waals surface area contributed by atoms with E-state index in [-0.39, 0.29) is 29.8 Å². The van der Waals surface area contributed by atoms with E-state index in [4.69, 9.17) is 0 Å². The lowest BCUT2D eigenvalue weighted by Gasteiger charge is -2.47. The number of fused-ring (bicyclic) bond motifs is 2. The Hall–Kier alpha value is -2.44. The Balaban J connectivity index is 1.51. The first kappa shape index (κ1) is 18.9. The molecule has 1 saturated heterocycles. The highest BCUT2D eigenvalue weighted by Gasteiger charge is 2.44. The van der Waals surface area contributed by atoms with E-state index in [2.05, 4.69) is 10.3 Å². The van der Waals surface area contributed by atoms with Gasteiger partial charge in [0.1, 0.15) is 5.52 Å². The molecule has 1 saturated carbocycles.